The number of hydrogen-bond donors (Lipinski definition) is 0. The van der Waals surface area contributed by atoms with Crippen molar-refractivity contribution in [3.05, 3.63) is 71.4 Å². The molecule has 0 nitrogen and oxygen atoms in total. The zero-order valence-electron chi connectivity index (χ0n) is 10.1. The Bertz CT molecular complexity index is 413. The van der Waals surface area contributed by atoms with Crippen LogP contribution < -0.4 is 0 Å². The molecule has 0 saturated carbocycles. The van der Waals surface area contributed by atoms with Crippen molar-refractivity contribution in [2.75, 3.05) is 0 Å². The Morgan fingerprint density at radius 1 is 0.941 bits per heavy atom. The highest BCUT2D eigenvalue weighted by Gasteiger charge is 1.94. The minimum atomic E-state index is -0.132. The van der Waals surface area contributed by atoms with Gasteiger partial charge in [0.2, 0.25) is 0 Å². The van der Waals surface area contributed by atoms with E-state index in [1.165, 1.54) is 12.1 Å². The molecule has 1 aromatic carbocycles. The van der Waals surface area contributed by atoms with Crippen LogP contribution in [0.2, 0.25) is 0 Å². The summed E-state index contributed by atoms with van der Waals surface area (Å²) in [5.41, 5.74) is 1.41. The number of halogens is 2. The first-order chi connectivity index (χ1) is 8.11. The van der Waals surface area contributed by atoms with Gasteiger partial charge in [0, 0.05) is 0 Å². The van der Waals surface area contributed by atoms with E-state index in [-0.39, 0.29) is 11.6 Å². The van der Waals surface area contributed by atoms with Crippen molar-refractivity contribution < 1.29 is 8.78 Å². The fraction of sp³-hybridized carbons (Fsp3) is 0.200. The molecular formula is C15H16F2. The predicted molar refractivity (Wildman–Crippen MR) is 67.8 cm³/mol. The molecule has 0 N–H and O–H groups in total. The minimum Gasteiger partial charge on any atom is -0.207 e. The number of allylic oxidation sites excluding steroid dienone is 6. The molecule has 0 saturated heterocycles. The highest BCUT2D eigenvalue weighted by atomic mass is 19.1. The summed E-state index contributed by atoms with van der Waals surface area (Å²) in [6, 6.07) is 6.70. The third kappa shape index (κ3) is 4.77. The standard InChI is InChI=1S/C8H9F.C7H7F/c1-7-5-3-2-4-6-8(7)9;1-6-4-2-3-5-7(6)8/h3-6H,2H2,1H3;2-5H,1H3. The Morgan fingerprint density at radius 3 is 2.18 bits per heavy atom. The van der Waals surface area contributed by atoms with Crippen LogP contribution in [0.3, 0.4) is 0 Å². The van der Waals surface area contributed by atoms with Crippen LogP contribution in [0.1, 0.15) is 18.9 Å². The Hall–Kier alpha value is -1.70. The van der Waals surface area contributed by atoms with E-state index in [1.807, 2.05) is 18.2 Å². The molecule has 0 atom stereocenters. The van der Waals surface area contributed by atoms with Gasteiger partial charge < -0.3 is 0 Å². The van der Waals surface area contributed by atoms with Crippen molar-refractivity contribution in [1.82, 2.24) is 0 Å². The van der Waals surface area contributed by atoms with Crippen molar-refractivity contribution >= 4 is 0 Å². The molecule has 1 aliphatic rings. The van der Waals surface area contributed by atoms with Crippen molar-refractivity contribution in [3.63, 3.8) is 0 Å². The molecule has 0 heterocycles. The van der Waals surface area contributed by atoms with Gasteiger partial charge in [-0.05, 0) is 43.5 Å². The lowest BCUT2D eigenvalue weighted by molar-refractivity contribution is 0.618. The van der Waals surface area contributed by atoms with Crippen LogP contribution in [0, 0.1) is 12.7 Å². The lowest BCUT2D eigenvalue weighted by Crippen LogP contribution is -1.76. The Kier molecular flexibility index (Phi) is 5.34. The maximum Gasteiger partial charge on any atom is 0.126 e. The summed E-state index contributed by atoms with van der Waals surface area (Å²) in [5.74, 6) is -0.253. The third-order valence-electron chi connectivity index (χ3n) is 2.36. The summed E-state index contributed by atoms with van der Waals surface area (Å²) in [5, 5.41) is 0. The van der Waals surface area contributed by atoms with Crippen LogP contribution in [0.15, 0.2) is 60.0 Å². The van der Waals surface area contributed by atoms with Gasteiger partial charge in [0.15, 0.2) is 0 Å². The molecule has 2 heteroatoms. The highest BCUT2D eigenvalue weighted by Crippen LogP contribution is 2.12. The quantitative estimate of drug-likeness (QED) is 0.600. The van der Waals surface area contributed by atoms with Gasteiger partial charge in [-0.2, -0.15) is 0 Å². The average Bonchev–Trinajstić information content (AvgIpc) is 2.50. The zero-order valence-corrected chi connectivity index (χ0v) is 10.1. The molecule has 0 aliphatic heterocycles. The lowest BCUT2D eigenvalue weighted by Gasteiger charge is -1.89. The van der Waals surface area contributed by atoms with E-state index in [0.717, 1.165) is 6.42 Å². The summed E-state index contributed by atoms with van der Waals surface area (Å²) in [6.45, 7) is 3.51. The first-order valence-corrected chi connectivity index (χ1v) is 5.52. The van der Waals surface area contributed by atoms with E-state index in [9.17, 15) is 8.78 Å². The van der Waals surface area contributed by atoms with E-state index in [0.29, 0.717) is 11.1 Å². The second-order valence-corrected chi connectivity index (χ2v) is 3.82. The van der Waals surface area contributed by atoms with Crippen LogP contribution in [0.25, 0.3) is 0 Å². The molecule has 0 radical (unpaired) electrons. The van der Waals surface area contributed by atoms with Crippen LogP contribution >= 0.6 is 0 Å². The largest absolute Gasteiger partial charge is 0.207 e. The van der Waals surface area contributed by atoms with Crippen LogP contribution in [-0.2, 0) is 0 Å². The minimum absolute atomic E-state index is 0.122. The topological polar surface area (TPSA) is 0 Å². The molecule has 17 heavy (non-hydrogen) atoms. The van der Waals surface area contributed by atoms with Gasteiger partial charge in [0.25, 0.3) is 0 Å². The average molecular weight is 234 g/mol. The molecule has 1 aromatic rings. The molecule has 0 amide bonds. The molecule has 0 bridgehead atoms. The van der Waals surface area contributed by atoms with Crippen LogP contribution in [-0.4, -0.2) is 0 Å². The summed E-state index contributed by atoms with van der Waals surface area (Å²) in [7, 11) is 0. The third-order valence-corrected chi connectivity index (χ3v) is 2.36. The predicted octanol–water partition coefficient (Wildman–Crippen LogP) is 4.88. The van der Waals surface area contributed by atoms with Crippen LogP contribution in [0.5, 0.6) is 0 Å². The molecule has 0 unspecified atom stereocenters. The smallest absolute Gasteiger partial charge is 0.126 e. The molecule has 1 aliphatic carbocycles. The van der Waals surface area contributed by atoms with E-state index in [4.69, 9.17) is 0 Å². The van der Waals surface area contributed by atoms with E-state index < -0.39 is 0 Å². The fourth-order valence-electron chi connectivity index (χ4n) is 1.26. The molecule has 0 fully saturated rings. The second-order valence-electron chi connectivity index (χ2n) is 3.82. The van der Waals surface area contributed by atoms with E-state index in [1.54, 1.807) is 32.1 Å². The maximum absolute atomic E-state index is 12.6. The van der Waals surface area contributed by atoms with Gasteiger partial charge in [-0.15, -0.1) is 0 Å². The van der Waals surface area contributed by atoms with Gasteiger partial charge in [0.1, 0.15) is 11.6 Å². The molecule has 0 aromatic heterocycles. The normalized spacial score (nSPS) is 14.1. The van der Waals surface area contributed by atoms with Gasteiger partial charge in [-0.1, -0.05) is 36.4 Å². The van der Waals surface area contributed by atoms with Crippen molar-refractivity contribution in [1.29, 1.82) is 0 Å². The summed E-state index contributed by atoms with van der Waals surface area (Å²) >= 11 is 0. The SMILES string of the molecule is CC1=C(F)C=CCC=C1.Cc1ccccc1F. The van der Waals surface area contributed by atoms with Gasteiger partial charge in [-0.3, -0.25) is 0 Å². The maximum atomic E-state index is 12.6. The zero-order chi connectivity index (χ0) is 12.7. The number of aryl methyl sites for hydroxylation is 1. The number of hydrogen-bond acceptors (Lipinski definition) is 0. The van der Waals surface area contributed by atoms with Gasteiger partial charge >= 0.3 is 0 Å². The Labute approximate surface area is 101 Å². The second kappa shape index (κ2) is 6.79. The number of benzene rings is 1. The van der Waals surface area contributed by atoms with Crippen molar-refractivity contribution in [2.24, 2.45) is 0 Å². The molecule has 2 rings (SSSR count). The summed E-state index contributed by atoms with van der Waals surface area (Å²) < 4.78 is 24.9. The molecular weight excluding hydrogens is 218 g/mol. The summed E-state index contributed by atoms with van der Waals surface area (Å²) in [6.07, 6.45) is 7.90. The molecule has 0 spiro atoms. The van der Waals surface area contributed by atoms with Crippen molar-refractivity contribution in [3.8, 4) is 0 Å². The highest BCUT2D eigenvalue weighted by molar-refractivity contribution is 5.29. The Morgan fingerprint density at radius 2 is 1.59 bits per heavy atom. The van der Waals surface area contributed by atoms with Crippen LogP contribution in [0.4, 0.5) is 8.78 Å². The monoisotopic (exact) mass is 234 g/mol. The van der Waals surface area contributed by atoms with Gasteiger partial charge in [-0.25, -0.2) is 8.78 Å². The molecule has 90 valence electrons. The first-order valence-electron chi connectivity index (χ1n) is 5.52. The van der Waals surface area contributed by atoms with E-state index in [2.05, 4.69) is 0 Å². The number of rotatable bonds is 0. The Balaban J connectivity index is 0.000000171. The van der Waals surface area contributed by atoms with Gasteiger partial charge in [0.05, 0.1) is 0 Å². The fourth-order valence-corrected chi connectivity index (χ4v) is 1.26. The lowest BCUT2D eigenvalue weighted by atomic mass is 10.2. The van der Waals surface area contributed by atoms with Crippen molar-refractivity contribution in [2.45, 2.75) is 20.3 Å². The van der Waals surface area contributed by atoms with E-state index >= 15 is 0 Å². The first kappa shape index (κ1) is 13.4. The summed E-state index contributed by atoms with van der Waals surface area (Å²) in [4.78, 5) is 0.